The van der Waals surface area contributed by atoms with Crippen molar-refractivity contribution < 1.29 is 4.74 Å². The maximum absolute atomic E-state index is 5.74. The molecule has 1 atom stereocenters. The van der Waals surface area contributed by atoms with Crippen LogP contribution in [-0.2, 0) is 4.74 Å². The van der Waals surface area contributed by atoms with E-state index in [9.17, 15) is 0 Å². The van der Waals surface area contributed by atoms with Gasteiger partial charge in [0, 0.05) is 20.2 Å². The first-order chi connectivity index (χ1) is 7.02. The number of hydrogen-bond donors (Lipinski definition) is 1. The van der Waals surface area contributed by atoms with Gasteiger partial charge < -0.3 is 10.5 Å². The van der Waals surface area contributed by atoms with Crippen molar-refractivity contribution in [3.8, 4) is 0 Å². The summed E-state index contributed by atoms with van der Waals surface area (Å²) < 4.78 is 5.10. The second kappa shape index (κ2) is 8.02. The highest BCUT2D eigenvalue weighted by atomic mass is 32.1. The molecule has 0 aliphatic carbocycles. The minimum Gasteiger partial charge on any atom is -0.392 e. The van der Waals surface area contributed by atoms with Crippen LogP contribution in [0.3, 0.4) is 0 Å². The zero-order chi connectivity index (χ0) is 11.8. The van der Waals surface area contributed by atoms with Gasteiger partial charge in [0.05, 0.1) is 17.6 Å². The monoisotopic (exact) mass is 232 g/mol. The standard InChI is InChI=1S/C11H24N2OS/c1-5-10(11(12)15)13(6-7-14-4)8-9(2)3/h9-10H,5-8H2,1-4H3,(H2,12,15). The van der Waals surface area contributed by atoms with Crippen molar-refractivity contribution in [2.45, 2.75) is 33.2 Å². The smallest absolute Gasteiger partial charge is 0.0901 e. The highest BCUT2D eigenvalue weighted by Gasteiger charge is 2.19. The number of nitrogens with zero attached hydrogens (tertiary/aromatic N) is 1. The van der Waals surface area contributed by atoms with Crippen LogP contribution in [0.1, 0.15) is 27.2 Å². The Morgan fingerprint density at radius 2 is 2.07 bits per heavy atom. The quantitative estimate of drug-likeness (QED) is 0.646. The van der Waals surface area contributed by atoms with E-state index in [1.165, 1.54) is 0 Å². The molecule has 2 N–H and O–H groups in total. The predicted octanol–water partition coefficient (Wildman–Crippen LogP) is 1.66. The number of thiocarbonyl (C=S) groups is 1. The van der Waals surface area contributed by atoms with E-state index in [4.69, 9.17) is 22.7 Å². The Balaban J connectivity index is 4.35. The molecule has 15 heavy (non-hydrogen) atoms. The van der Waals surface area contributed by atoms with Crippen LogP contribution in [0.5, 0.6) is 0 Å². The Kier molecular flexibility index (Phi) is 7.92. The third-order valence-corrected chi connectivity index (χ3v) is 2.61. The molecule has 4 heteroatoms. The Labute approximate surface area is 99.0 Å². The fourth-order valence-electron chi connectivity index (χ4n) is 1.69. The van der Waals surface area contributed by atoms with E-state index in [-0.39, 0.29) is 6.04 Å². The molecule has 0 aromatic heterocycles. The summed E-state index contributed by atoms with van der Waals surface area (Å²) in [5.74, 6) is 0.616. The third kappa shape index (κ3) is 6.07. The second-order valence-electron chi connectivity index (χ2n) is 4.21. The maximum Gasteiger partial charge on any atom is 0.0901 e. The lowest BCUT2D eigenvalue weighted by molar-refractivity contribution is 0.127. The number of rotatable bonds is 8. The maximum atomic E-state index is 5.74. The molecular weight excluding hydrogens is 208 g/mol. The first-order valence-corrected chi connectivity index (χ1v) is 5.96. The highest BCUT2D eigenvalue weighted by molar-refractivity contribution is 7.80. The summed E-state index contributed by atoms with van der Waals surface area (Å²) in [5, 5.41) is 0. The molecule has 0 aromatic carbocycles. The van der Waals surface area contributed by atoms with Gasteiger partial charge in [-0.25, -0.2) is 0 Å². The summed E-state index contributed by atoms with van der Waals surface area (Å²) in [5.41, 5.74) is 5.74. The largest absolute Gasteiger partial charge is 0.392 e. The van der Waals surface area contributed by atoms with E-state index in [1.54, 1.807) is 7.11 Å². The van der Waals surface area contributed by atoms with Crippen LogP contribution in [0.2, 0.25) is 0 Å². The van der Waals surface area contributed by atoms with Gasteiger partial charge in [0.25, 0.3) is 0 Å². The summed E-state index contributed by atoms with van der Waals surface area (Å²) >= 11 is 5.09. The molecular formula is C11H24N2OS. The van der Waals surface area contributed by atoms with Crippen molar-refractivity contribution in [3.63, 3.8) is 0 Å². The van der Waals surface area contributed by atoms with E-state index in [0.717, 1.165) is 26.1 Å². The topological polar surface area (TPSA) is 38.5 Å². The molecule has 0 aliphatic rings. The zero-order valence-corrected chi connectivity index (χ0v) is 11.1. The number of nitrogens with two attached hydrogens (primary N) is 1. The van der Waals surface area contributed by atoms with Crippen LogP contribution < -0.4 is 5.73 Å². The first kappa shape index (κ1) is 14.8. The molecule has 0 radical (unpaired) electrons. The molecule has 1 unspecified atom stereocenters. The molecule has 90 valence electrons. The van der Waals surface area contributed by atoms with Gasteiger partial charge in [-0.3, -0.25) is 4.90 Å². The van der Waals surface area contributed by atoms with Crippen LogP contribution in [-0.4, -0.2) is 42.7 Å². The van der Waals surface area contributed by atoms with E-state index in [0.29, 0.717) is 10.9 Å². The van der Waals surface area contributed by atoms with Crippen molar-refractivity contribution in [2.24, 2.45) is 11.7 Å². The van der Waals surface area contributed by atoms with Crippen LogP contribution in [0.4, 0.5) is 0 Å². The minimum atomic E-state index is 0.206. The van der Waals surface area contributed by atoms with Gasteiger partial charge in [0.2, 0.25) is 0 Å². The molecule has 0 aromatic rings. The first-order valence-electron chi connectivity index (χ1n) is 5.55. The van der Waals surface area contributed by atoms with Gasteiger partial charge >= 0.3 is 0 Å². The number of methoxy groups -OCH3 is 1. The third-order valence-electron chi connectivity index (χ3n) is 2.34. The van der Waals surface area contributed by atoms with Crippen molar-refractivity contribution in [1.82, 2.24) is 4.90 Å². The fourth-order valence-corrected chi connectivity index (χ4v) is 2.01. The average molecular weight is 232 g/mol. The van der Waals surface area contributed by atoms with Gasteiger partial charge in [0.15, 0.2) is 0 Å². The van der Waals surface area contributed by atoms with Crippen LogP contribution in [0.25, 0.3) is 0 Å². The molecule has 0 amide bonds. The summed E-state index contributed by atoms with van der Waals surface area (Å²) in [7, 11) is 1.72. The Bertz CT molecular complexity index is 185. The molecule has 0 heterocycles. The van der Waals surface area contributed by atoms with Gasteiger partial charge in [-0.15, -0.1) is 0 Å². The number of ether oxygens (including phenoxy) is 1. The van der Waals surface area contributed by atoms with E-state index in [1.807, 2.05) is 0 Å². The molecule has 0 saturated heterocycles. The summed E-state index contributed by atoms with van der Waals surface area (Å²) in [4.78, 5) is 2.91. The Morgan fingerprint density at radius 1 is 1.47 bits per heavy atom. The molecule has 0 bridgehead atoms. The average Bonchev–Trinajstić information content (AvgIpc) is 2.13. The Hall–Kier alpha value is -0.190. The SMILES string of the molecule is CCC(C(N)=S)N(CCOC)CC(C)C. The van der Waals surface area contributed by atoms with Crippen LogP contribution in [0, 0.1) is 5.92 Å². The molecule has 0 aliphatic heterocycles. The normalized spacial score (nSPS) is 13.5. The highest BCUT2D eigenvalue weighted by Crippen LogP contribution is 2.08. The van der Waals surface area contributed by atoms with E-state index < -0.39 is 0 Å². The lowest BCUT2D eigenvalue weighted by Gasteiger charge is -2.31. The summed E-state index contributed by atoms with van der Waals surface area (Å²) in [6.07, 6.45) is 0.964. The van der Waals surface area contributed by atoms with Gasteiger partial charge in [-0.2, -0.15) is 0 Å². The predicted molar refractivity (Wildman–Crippen MR) is 69.2 cm³/mol. The van der Waals surface area contributed by atoms with Gasteiger partial charge in [-0.1, -0.05) is 33.0 Å². The fraction of sp³-hybridized carbons (Fsp3) is 0.909. The van der Waals surface area contributed by atoms with Crippen LogP contribution >= 0.6 is 12.2 Å². The number of hydrogen-bond acceptors (Lipinski definition) is 3. The Morgan fingerprint density at radius 3 is 2.40 bits per heavy atom. The van der Waals surface area contributed by atoms with Gasteiger partial charge in [-0.05, 0) is 12.3 Å². The molecule has 0 rings (SSSR count). The second-order valence-corrected chi connectivity index (χ2v) is 4.68. The minimum absolute atomic E-state index is 0.206. The molecule has 0 saturated carbocycles. The van der Waals surface area contributed by atoms with Crippen molar-refractivity contribution in [2.75, 3.05) is 26.8 Å². The van der Waals surface area contributed by atoms with Crippen molar-refractivity contribution in [3.05, 3.63) is 0 Å². The molecule has 3 nitrogen and oxygen atoms in total. The van der Waals surface area contributed by atoms with E-state index in [2.05, 4.69) is 25.7 Å². The van der Waals surface area contributed by atoms with Crippen molar-refractivity contribution in [1.29, 1.82) is 0 Å². The zero-order valence-electron chi connectivity index (χ0n) is 10.3. The van der Waals surface area contributed by atoms with Crippen LogP contribution in [0.15, 0.2) is 0 Å². The van der Waals surface area contributed by atoms with Crippen molar-refractivity contribution >= 4 is 17.2 Å². The lowest BCUT2D eigenvalue weighted by atomic mass is 10.1. The molecule has 0 spiro atoms. The van der Waals surface area contributed by atoms with Gasteiger partial charge in [0.1, 0.15) is 0 Å². The summed E-state index contributed by atoms with van der Waals surface area (Å²) in [6.45, 7) is 9.15. The molecule has 0 fully saturated rings. The lowest BCUT2D eigenvalue weighted by Crippen LogP contribution is -2.46. The van der Waals surface area contributed by atoms with E-state index >= 15 is 0 Å². The summed E-state index contributed by atoms with van der Waals surface area (Å²) in [6, 6.07) is 0.206.